The van der Waals surface area contributed by atoms with Crippen LogP contribution in [0.2, 0.25) is 0 Å². The smallest absolute Gasteiger partial charge is 0.268 e. The molecule has 0 radical (unpaired) electrons. The van der Waals surface area contributed by atoms with Crippen LogP contribution >= 0.6 is 22.6 Å². The van der Waals surface area contributed by atoms with Gasteiger partial charge in [-0.2, -0.15) is 0 Å². The van der Waals surface area contributed by atoms with Crippen LogP contribution in [0.25, 0.3) is 0 Å². The minimum Gasteiger partial charge on any atom is -0.356 e. The maximum atomic E-state index is 12.0. The average Bonchev–Trinajstić information content (AvgIpc) is 2.51. The summed E-state index contributed by atoms with van der Waals surface area (Å²) < 4.78 is 13.0. The third-order valence-corrected chi connectivity index (χ3v) is 2.12. The molecule has 5 heteroatoms. The van der Waals surface area contributed by atoms with Gasteiger partial charge in [-0.1, -0.05) is 0 Å². The number of hydrogen-bond acceptors (Lipinski definition) is 1. The molecular weight excluding hydrogens is 286 g/mol. The van der Waals surface area contributed by atoms with Gasteiger partial charge in [0.05, 0.1) is 6.04 Å². The number of hydrogen-bond donors (Lipinski definition) is 2. The topological polar surface area (TPSA) is 44.9 Å². The summed E-state index contributed by atoms with van der Waals surface area (Å²) in [5.74, 6) is -0.270. The predicted molar refractivity (Wildman–Crippen MR) is 56.4 cm³/mol. The van der Waals surface area contributed by atoms with Gasteiger partial charge in [0, 0.05) is 9.77 Å². The number of rotatable bonds is 3. The predicted octanol–water partition coefficient (Wildman–Crippen LogP) is 1.71. The lowest BCUT2D eigenvalue weighted by atomic mass is 10.3. The van der Waals surface area contributed by atoms with Crippen molar-refractivity contribution in [2.75, 3.05) is 6.67 Å². The molecule has 1 atom stereocenters. The summed E-state index contributed by atoms with van der Waals surface area (Å²) in [5, 5.41) is 2.51. The number of nitrogens with one attached hydrogen (secondary N) is 2. The van der Waals surface area contributed by atoms with Crippen LogP contribution in [0.1, 0.15) is 17.4 Å². The second-order valence-electron chi connectivity index (χ2n) is 2.76. The van der Waals surface area contributed by atoms with E-state index in [1.807, 2.05) is 0 Å². The summed E-state index contributed by atoms with van der Waals surface area (Å²) in [6.07, 6.45) is 1.72. The fraction of sp³-hybridized carbons (Fsp3) is 0.375. The molecule has 3 nitrogen and oxygen atoms in total. The highest BCUT2D eigenvalue weighted by atomic mass is 127. The van der Waals surface area contributed by atoms with Gasteiger partial charge < -0.3 is 10.3 Å². The number of H-pyrrole nitrogens is 1. The molecule has 1 aromatic heterocycles. The van der Waals surface area contributed by atoms with E-state index in [0.29, 0.717) is 5.69 Å². The molecule has 1 unspecified atom stereocenters. The molecule has 2 N–H and O–H groups in total. The number of carbonyl (C=O) groups is 1. The van der Waals surface area contributed by atoms with Crippen molar-refractivity contribution in [3.8, 4) is 0 Å². The summed E-state index contributed by atoms with van der Waals surface area (Å²) in [4.78, 5) is 14.1. The molecule has 1 heterocycles. The number of aromatic amines is 1. The molecule has 0 bridgehead atoms. The molecule has 0 saturated carbocycles. The van der Waals surface area contributed by atoms with Gasteiger partial charge in [-0.15, -0.1) is 0 Å². The third kappa shape index (κ3) is 2.98. The van der Waals surface area contributed by atoms with E-state index in [2.05, 4.69) is 32.9 Å². The maximum Gasteiger partial charge on any atom is 0.268 e. The number of alkyl halides is 1. The molecule has 0 aliphatic rings. The molecule has 1 rings (SSSR count). The Morgan fingerprint density at radius 3 is 3.00 bits per heavy atom. The van der Waals surface area contributed by atoms with Crippen LogP contribution in [-0.2, 0) is 0 Å². The lowest BCUT2D eigenvalue weighted by Gasteiger charge is -2.07. The molecule has 1 aromatic rings. The van der Waals surface area contributed by atoms with Crippen molar-refractivity contribution in [1.29, 1.82) is 0 Å². The van der Waals surface area contributed by atoms with Crippen molar-refractivity contribution in [1.82, 2.24) is 10.3 Å². The van der Waals surface area contributed by atoms with Gasteiger partial charge in [-0.25, -0.2) is 4.39 Å². The summed E-state index contributed by atoms with van der Waals surface area (Å²) in [6.45, 7) is 1.06. The van der Waals surface area contributed by atoms with Crippen LogP contribution in [0.3, 0.4) is 0 Å². The second kappa shape index (κ2) is 4.59. The zero-order valence-electron chi connectivity index (χ0n) is 7.10. The molecular formula is C8H10FIN2O. The molecule has 0 aliphatic carbocycles. The summed E-state index contributed by atoms with van der Waals surface area (Å²) in [7, 11) is 0. The number of aromatic nitrogens is 1. The normalized spacial score (nSPS) is 12.5. The van der Waals surface area contributed by atoms with Gasteiger partial charge in [-0.05, 0) is 35.6 Å². The van der Waals surface area contributed by atoms with Crippen LogP contribution in [0.4, 0.5) is 4.39 Å². The molecule has 0 aliphatic heterocycles. The van der Waals surface area contributed by atoms with Gasteiger partial charge >= 0.3 is 0 Å². The Morgan fingerprint density at radius 2 is 2.54 bits per heavy atom. The zero-order chi connectivity index (χ0) is 9.84. The average molecular weight is 296 g/mol. The Labute approximate surface area is 89.2 Å². The minimum absolute atomic E-state index is 0.270. The molecule has 0 aromatic carbocycles. The highest BCUT2D eigenvalue weighted by Crippen LogP contribution is 2.06. The number of carbonyl (C=O) groups excluding carboxylic acids is 1. The van der Waals surface area contributed by atoms with Crippen molar-refractivity contribution >= 4 is 28.5 Å². The van der Waals surface area contributed by atoms with Crippen molar-refractivity contribution in [3.63, 3.8) is 0 Å². The number of halogens is 2. The standard InChI is InChI=1S/C8H10FIN2O/c1-5(3-9)12-8(13)7-2-6(10)4-11-7/h2,4-5,11H,3H2,1H3,(H,12,13). The third-order valence-electron chi connectivity index (χ3n) is 1.50. The lowest BCUT2D eigenvalue weighted by Crippen LogP contribution is -2.34. The summed E-state index contributed by atoms with van der Waals surface area (Å²) in [5.41, 5.74) is 0.463. The van der Waals surface area contributed by atoms with Crippen molar-refractivity contribution in [3.05, 3.63) is 21.5 Å². The van der Waals surface area contributed by atoms with Gasteiger partial charge in [-0.3, -0.25) is 4.79 Å². The fourth-order valence-electron chi connectivity index (χ4n) is 0.839. The monoisotopic (exact) mass is 296 g/mol. The highest BCUT2D eigenvalue weighted by molar-refractivity contribution is 14.1. The Kier molecular flexibility index (Phi) is 3.71. The first-order valence-electron chi connectivity index (χ1n) is 3.84. The van der Waals surface area contributed by atoms with Gasteiger partial charge in [0.2, 0.25) is 0 Å². The second-order valence-corrected chi connectivity index (χ2v) is 4.01. The summed E-state index contributed by atoms with van der Waals surface area (Å²) >= 11 is 2.09. The fourth-order valence-corrected chi connectivity index (χ4v) is 1.31. The van der Waals surface area contributed by atoms with Gasteiger partial charge in [0.15, 0.2) is 0 Å². The largest absolute Gasteiger partial charge is 0.356 e. The van der Waals surface area contributed by atoms with Gasteiger partial charge in [0.25, 0.3) is 5.91 Å². The zero-order valence-corrected chi connectivity index (χ0v) is 9.26. The molecule has 0 saturated heterocycles. The lowest BCUT2D eigenvalue weighted by molar-refractivity contribution is 0.0929. The minimum atomic E-state index is -0.552. The Hall–Kier alpha value is -0.590. The summed E-state index contributed by atoms with van der Waals surface area (Å²) in [6, 6.07) is 1.27. The molecule has 0 fully saturated rings. The van der Waals surface area contributed by atoms with Crippen LogP contribution in [0.5, 0.6) is 0 Å². The van der Waals surface area contributed by atoms with E-state index < -0.39 is 12.7 Å². The van der Waals surface area contributed by atoms with E-state index in [1.165, 1.54) is 0 Å². The molecule has 72 valence electrons. The van der Waals surface area contributed by atoms with Crippen molar-refractivity contribution in [2.45, 2.75) is 13.0 Å². The van der Waals surface area contributed by atoms with Crippen LogP contribution in [0, 0.1) is 3.57 Å². The SMILES string of the molecule is CC(CF)NC(=O)c1cc(I)c[nH]1. The molecule has 1 amide bonds. The van der Waals surface area contributed by atoms with E-state index in [1.54, 1.807) is 19.2 Å². The van der Waals surface area contributed by atoms with E-state index in [4.69, 9.17) is 0 Å². The van der Waals surface area contributed by atoms with E-state index in [0.717, 1.165) is 3.57 Å². The van der Waals surface area contributed by atoms with Gasteiger partial charge in [0.1, 0.15) is 12.4 Å². The van der Waals surface area contributed by atoms with E-state index in [9.17, 15) is 9.18 Å². The Bertz CT molecular complexity index is 300. The van der Waals surface area contributed by atoms with Crippen LogP contribution in [-0.4, -0.2) is 23.6 Å². The van der Waals surface area contributed by atoms with E-state index >= 15 is 0 Å². The maximum absolute atomic E-state index is 12.0. The molecule has 13 heavy (non-hydrogen) atoms. The van der Waals surface area contributed by atoms with Crippen molar-refractivity contribution < 1.29 is 9.18 Å². The van der Waals surface area contributed by atoms with Crippen LogP contribution in [0.15, 0.2) is 12.3 Å². The molecule has 0 spiro atoms. The Balaban J connectivity index is 2.58. The quantitative estimate of drug-likeness (QED) is 0.819. The first-order chi connectivity index (χ1) is 6.13. The van der Waals surface area contributed by atoms with Crippen molar-refractivity contribution in [2.24, 2.45) is 0 Å². The highest BCUT2D eigenvalue weighted by Gasteiger charge is 2.10. The van der Waals surface area contributed by atoms with Crippen LogP contribution < -0.4 is 5.32 Å². The van der Waals surface area contributed by atoms with E-state index in [-0.39, 0.29) is 5.91 Å². The first kappa shape index (κ1) is 10.5. The number of amides is 1. The first-order valence-corrected chi connectivity index (χ1v) is 4.92. The Morgan fingerprint density at radius 1 is 1.85 bits per heavy atom.